The number of anilines is 1. The van der Waals surface area contributed by atoms with Crippen LogP contribution < -0.4 is 5.32 Å². The van der Waals surface area contributed by atoms with Crippen LogP contribution in [0.25, 0.3) is 11.4 Å². The highest BCUT2D eigenvalue weighted by Gasteiger charge is 2.30. The van der Waals surface area contributed by atoms with Crippen molar-refractivity contribution >= 4 is 11.8 Å². The number of carbonyl (C=O) groups is 1. The van der Waals surface area contributed by atoms with E-state index in [1.54, 1.807) is 6.92 Å². The monoisotopic (exact) mass is 447 g/mol. The van der Waals surface area contributed by atoms with Gasteiger partial charge in [-0.1, -0.05) is 35.4 Å². The van der Waals surface area contributed by atoms with Gasteiger partial charge in [0.05, 0.1) is 12.2 Å². The first-order valence-electron chi connectivity index (χ1n) is 10.4. The standard InChI is InChI=1S/C24H28F3N3O2/c1-5-32-23(31)20-15-29-21(18-10-7-11-19(14-18)24(25,26)27)30-22(20)28-13-12-17(4)9-6-8-16(2)3/h7-8,10-12,14-15H,5-6,9,13H2,1-4H3,(H,28,29,30)/b17-12+. The SMILES string of the molecule is CCOC(=O)c1cnc(-c2cccc(C(F)(F)F)c2)nc1NC/C=C(\C)CCC=C(C)C. The molecule has 32 heavy (non-hydrogen) atoms. The molecule has 0 bridgehead atoms. The Hall–Kier alpha value is -3.16. The highest BCUT2D eigenvalue weighted by molar-refractivity contribution is 5.94. The van der Waals surface area contributed by atoms with Gasteiger partial charge in [0.25, 0.3) is 0 Å². The summed E-state index contributed by atoms with van der Waals surface area (Å²) in [6.45, 7) is 8.37. The maximum Gasteiger partial charge on any atom is 0.416 e. The number of carbonyl (C=O) groups excluding carboxylic acids is 1. The fourth-order valence-corrected chi connectivity index (χ4v) is 2.86. The van der Waals surface area contributed by atoms with Gasteiger partial charge in [-0.2, -0.15) is 13.2 Å². The Balaban J connectivity index is 2.29. The Kier molecular flexibility index (Phi) is 8.99. The number of hydrogen-bond donors (Lipinski definition) is 1. The fraction of sp³-hybridized carbons (Fsp3) is 0.375. The van der Waals surface area contributed by atoms with E-state index in [4.69, 9.17) is 4.74 Å². The molecule has 8 heteroatoms. The molecule has 0 fully saturated rings. The Morgan fingerprint density at radius 2 is 1.94 bits per heavy atom. The highest BCUT2D eigenvalue weighted by atomic mass is 19.4. The lowest BCUT2D eigenvalue weighted by Crippen LogP contribution is -2.13. The number of allylic oxidation sites excluding steroid dienone is 3. The number of rotatable bonds is 9. The number of aromatic nitrogens is 2. The van der Waals surface area contributed by atoms with Crippen molar-refractivity contribution in [3.63, 3.8) is 0 Å². The van der Waals surface area contributed by atoms with Crippen LogP contribution in [0.1, 0.15) is 56.5 Å². The molecule has 0 radical (unpaired) electrons. The first-order chi connectivity index (χ1) is 15.1. The van der Waals surface area contributed by atoms with E-state index in [9.17, 15) is 18.0 Å². The van der Waals surface area contributed by atoms with Gasteiger partial charge in [-0.05, 0) is 52.7 Å². The number of ether oxygens (including phenoxy) is 1. The lowest BCUT2D eigenvalue weighted by Gasteiger charge is -2.12. The average Bonchev–Trinajstić information content (AvgIpc) is 2.73. The van der Waals surface area contributed by atoms with Crippen molar-refractivity contribution in [1.29, 1.82) is 0 Å². The van der Waals surface area contributed by atoms with Crippen molar-refractivity contribution < 1.29 is 22.7 Å². The van der Waals surface area contributed by atoms with E-state index in [-0.39, 0.29) is 29.4 Å². The van der Waals surface area contributed by atoms with Gasteiger partial charge in [-0.15, -0.1) is 0 Å². The average molecular weight is 448 g/mol. The quantitative estimate of drug-likeness (QED) is 0.354. The largest absolute Gasteiger partial charge is 0.462 e. The summed E-state index contributed by atoms with van der Waals surface area (Å²) in [5.74, 6) is -0.315. The minimum Gasteiger partial charge on any atom is -0.462 e. The predicted octanol–water partition coefficient (Wildman–Crippen LogP) is 6.44. The van der Waals surface area contributed by atoms with Crippen LogP contribution in [-0.4, -0.2) is 29.1 Å². The van der Waals surface area contributed by atoms with Gasteiger partial charge in [0.1, 0.15) is 11.4 Å². The van der Waals surface area contributed by atoms with Crippen molar-refractivity contribution in [2.75, 3.05) is 18.5 Å². The van der Waals surface area contributed by atoms with Crippen LogP contribution in [0.4, 0.5) is 19.0 Å². The Labute approximate surface area is 186 Å². The molecule has 0 amide bonds. The molecular weight excluding hydrogens is 419 g/mol. The summed E-state index contributed by atoms with van der Waals surface area (Å²) in [6.07, 6.45) is 2.78. The van der Waals surface area contributed by atoms with Crippen LogP contribution in [0.3, 0.4) is 0 Å². The predicted molar refractivity (Wildman–Crippen MR) is 119 cm³/mol. The minimum absolute atomic E-state index is 0.0795. The number of benzene rings is 1. The van der Waals surface area contributed by atoms with E-state index in [0.717, 1.165) is 25.0 Å². The zero-order valence-electron chi connectivity index (χ0n) is 18.7. The first-order valence-corrected chi connectivity index (χ1v) is 10.4. The summed E-state index contributed by atoms with van der Waals surface area (Å²) in [4.78, 5) is 20.7. The van der Waals surface area contributed by atoms with Gasteiger partial charge < -0.3 is 10.1 Å². The van der Waals surface area contributed by atoms with Crippen LogP contribution in [-0.2, 0) is 10.9 Å². The number of halogens is 3. The molecule has 1 aromatic carbocycles. The van der Waals surface area contributed by atoms with Gasteiger partial charge in [0.15, 0.2) is 5.82 Å². The molecule has 0 saturated heterocycles. The topological polar surface area (TPSA) is 64.1 Å². The molecule has 1 aromatic heterocycles. The Bertz CT molecular complexity index is 994. The Morgan fingerprint density at radius 1 is 1.19 bits per heavy atom. The summed E-state index contributed by atoms with van der Waals surface area (Å²) in [7, 11) is 0. The zero-order chi connectivity index (χ0) is 23.7. The smallest absolute Gasteiger partial charge is 0.416 e. The van der Waals surface area contributed by atoms with Gasteiger partial charge in [-0.25, -0.2) is 14.8 Å². The van der Waals surface area contributed by atoms with Crippen molar-refractivity contribution in [3.8, 4) is 11.4 Å². The van der Waals surface area contributed by atoms with Crippen molar-refractivity contribution in [2.24, 2.45) is 0 Å². The number of alkyl halides is 3. The van der Waals surface area contributed by atoms with E-state index in [1.165, 1.54) is 29.5 Å². The number of esters is 1. The second-order valence-corrected chi connectivity index (χ2v) is 7.51. The third-order valence-corrected chi connectivity index (χ3v) is 4.54. The van der Waals surface area contributed by atoms with Gasteiger partial charge >= 0.3 is 12.1 Å². The van der Waals surface area contributed by atoms with Crippen molar-refractivity contribution in [3.05, 3.63) is 64.9 Å². The van der Waals surface area contributed by atoms with Crippen LogP contribution in [0.15, 0.2) is 53.8 Å². The molecule has 1 heterocycles. The van der Waals surface area contributed by atoms with E-state index in [0.29, 0.717) is 6.54 Å². The second-order valence-electron chi connectivity index (χ2n) is 7.51. The maximum absolute atomic E-state index is 13.1. The molecule has 2 aromatic rings. The molecule has 0 saturated carbocycles. The summed E-state index contributed by atoms with van der Waals surface area (Å²) < 4.78 is 44.3. The summed E-state index contributed by atoms with van der Waals surface area (Å²) >= 11 is 0. The normalized spacial score (nSPS) is 11.8. The maximum atomic E-state index is 13.1. The molecule has 0 unspecified atom stereocenters. The molecule has 1 N–H and O–H groups in total. The van der Waals surface area contributed by atoms with Crippen LogP contribution >= 0.6 is 0 Å². The summed E-state index contributed by atoms with van der Waals surface area (Å²) in [5.41, 5.74) is 1.96. The third kappa shape index (κ3) is 7.51. The zero-order valence-corrected chi connectivity index (χ0v) is 18.7. The molecular formula is C24H28F3N3O2. The molecule has 0 atom stereocenters. The summed E-state index contributed by atoms with van der Waals surface area (Å²) in [5, 5.41) is 3.07. The molecule has 0 aliphatic carbocycles. The van der Waals surface area contributed by atoms with Gasteiger partial charge in [-0.3, -0.25) is 0 Å². The molecule has 5 nitrogen and oxygen atoms in total. The van der Waals surface area contributed by atoms with E-state index in [1.807, 2.05) is 13.0 Å². The van der Waals surface area contributed by atoms with Crippen molar-refractivity contribution in [2.45, 2.75) is 46.7 Å². The third-order valence-electron chi connectivity index (χ3n) is 4.54. The van der Waals surface area contributed by atoms with E-state index >= 15 is 0 Å². The highest BCUT2D eigenvalue weighted by Crippen LogP contribution is 2.31. The van der Waals surface area contributed by atoms with Gasteiger partial charge in [0, 0.05) is 18.3 Å². The number of hydrogen-bond acceptors (Lipinski definition) is 5. The fourth-order valence-electron chi connectivity index (χ4n) is 2.86. The molecule has 0 aliphatic rings. The Morgan fingerprint density at radius 3 is 2.59 bits per heavy atom. The van der Waals surface area contributed by atoms with E-state index in [2.05, 4.69) is 35.2 Å². The molecule has 0 aliphatic heterocycles. The molecule has 0 spiro atoms. The number of nitrogens with one attached hydrogen (secondary N) is 1. The van der Waals surface area contributed by atoms with Gasteiger partial charge in [0.2, 0.25) is 0 Å². The second kappa shape index (κ2) is 11.5. The lowest BCUT2D eigenvalue weighted by molar-refractivity contribution is -0.137. The first kappa shape index (κ1) is 25.1. The van der Waals surface area contributed by atoms with Crippen LogP contribution in [0.5, 0.6) is 0 Å². The number of nitrogens with zero attached hydrogens (tertiary/aromatic N) is 2. The lowest BCUT2D eigenvalue weighted by atomic mass is 10.1. The minimum atomic E-state index is -4.48. The van der Waals surface area contributed by atoms with Crippen molar-refractivity contribution in [1.82, 2.24) is 9.97 Å². The van der Waals surface area contributed by atoms with E-state index < -0.39 is 17.7 Å². The molecule has 2 rings (SSSR count). The van der Waals surface area contributed by atoms with Crippen LogP contribution in [0.2, 0.25) is 0 Å². The van der Waals surface area contributed by atoms with Crippen LogP contribution in [0, 0.1) is 0 Å². The molecule has 172 valence electrons. The summed E-state index contributed by atoms with van der Waals surface area (Å²) in [6, 6.07) is 4.76.